The fourth-order valence-corrected chi connectivity index (χ4v) is 2.64. The van der Waals surface area contributed by atoms with E-state index in [2.05, 4.69) is 15.5 Å². The summed E-state index contributed by atoms with van der Waals surface area (Å²) in [6.07, 6.45) is 1.54. The second-order valence-electron chi connectivity index (χ2n) is 4.54. The van der Waals surface area contributed by atoms with Crippen LogP contribution >= 0.6 is 11.3 Å². The first-order valence-electron chi connectivity index (χ1n) is 6.62. The molecule has 1 amide bonds. The lowest BCUT2D eigenvalue weighted by molar-refractivity contribution is -0.385. The van der Waals surface area contributed by atoms with Crippen LogP contribution in [0.3, 0.4) is 0 Å². The quantitative estimate of drug-likeness (QED) is 0.359. The molecule has 24 heavy (non-hydrogen) atoms. The number of aromatic hydroxyl groups is 2. The summed E-state index contributed by atoms with van der Waals surface area (Å²) in [6.45, 7) is 1.82. The molecule has 1 aromatic carbocycles. The van der Waals surface area contributed by atoms with Crippen LogP contribution in [0.5, 0.6) is 11.5 Å². The van der Waals surface area contributed by atoms with E-state index in [-0.39, 0.29) is 10.7 Å². The Morgan fingerprint density at radius 1 is 1.50 bits per heavy atom. The third-order valence-electron chi connectivity index (χ3n) is 2.95. The van der Waals surface area contributed by atoms with Gasteiger partial charge < -0.3 is 15.9 Å². The summed E-state index contributed by atoms with van der Waals surface area (Å²) < 4.78 is 0. The summed E-state index contributed by atoms with van der Waals surface area (Å²) >= 11 is 1.01. The predicted octanol–water partition coefficient (Wildman–Crippen LogP) is 1.37. The van der Waals surface area contributed by atoms with Crippen LogP contribution in [0.25, 0.3) is 0 Å². The van der Waals surface area contributed by atoms with Crippen molar-refractivity contribution in [3.05, 3.63) is 38.4 Å². The van der Waals surface area contributed by atoms with Gasteiger partial charge in [-0.25, -0.2) is 10.4 Å². The van der Waals surface area contributed by atoms with Crippen molar-refractivity contribution in [1.82, 2.24) is 10.4 Å². The van der Waals surface area contributed by atoms with Crippen LogP contribution in [0.4, 0.5) is 10.8 Å². The van der Waals surface area contributed by atoms with E-state index in [4.69, 9.17) is 5.73 Å². The number of hydrogen-bond donors (Lipinski definition) is 4. The van der Waals surface area contributed by atoms with Crippen molar-refractivity contribution in [3.63, 3.8) is 0 Å². The van der Waals surface area contributed by atoms with Crippen LogP contribution in [0, 0.1) is 10.1 Å². The highest BCUT2D eigenvalue weighted by Crippen LogP contribution is 2.32. The molecule has 126 valence electrons. The Morgan fingerprint density at radius 2 is 2.21 bits per heavy atom. The largest absolute Gasteiger partial charge is 0.507 e. The number of anilines is 1. The van der Waals surface area contributed by atoms with Gasteiger partial charge in [0.1, 0.15) is 10.6 Å². The molecule has 1 heterocycles. The average molecular weight is 351 g/mol. The molecule has 0 saturated heterocycles. The number of phenols is 2. The molecule has 0 bridgehead atoms. The lowest BCUT2D eigenvalue weighted by Gasteiger charge is -2.02. The number of carbonyl (C=O) groups is 1. The van der Waals surface area contributed by atoms with E-state index in [1.165, 1.54) is 0 Å². The van der Waals surface area contributed by atoms with Gasteiger partial charge in [-0.2, -0.15) is 5.10 Å². The molecule has 0 radical (unpaired) electrons. The molecule has 11 heteroatoms. The minimum absolute atomic E-state index is 0.0423. The molecular weight excluding hydrogens is 338 g/mol. The molecular formula is C13H13N5O5S. The van der Waals surface area contributed by atoms with Crippen LogP contribution in [-0.4, -0.2) is 32.2 Å². The molecule has 0 atom stereocenters. The number of nitrogens with zero attached hydrogens (tertiary/aromatic N) is 3. The maximum absolute atomic E-state index is 12.0. The van der Waals surface area contributed by atoms with Gasteiger partial charge in [0, 0.05) is 17.7 Å². The van der Waals surface area contributed by atoms with Crippen molar-refractivity contribution in [2.75, 3.05) is 5.73 Å². The molecule has 2 aromatic rings. The van der Waals surface area contributed by atoms with Crippen LogP contribution in [0.15, 0.2) is 17.2 Å². The Labute approximate surface area is 139 Å². The minimum Gasteiger partial charge on any atom is -0.507 e. The monoisotopic (exact) mass is 351 g/mol. The number of rotatable bonds is 5. The number of hydrogen-bond acceptors (Lipinski definition) is 9. The van der Waals surface area contributed by atoms with E-state index < -0.39 is 28.0 Å². The van der Waals surface area contributed by atoms with Crippen molar-refractivity contribution in [2.24, 2.45) is 5.10 Å². The van der Waals surface area contributed by atoms with Gasteiger partial charge >= 0.3 is 5.69 Å². The molecule has 0 aliphatic rings. The number of aryl methyl sites for hydroxylation is 1. The number of thiazole rings is 1. The average Bonchev–Trinajstić information content (AvgIpc) is 2.90. The Hall–Kier alpha value is -3.21. The zero-order valence-electron chi connectivity index (χ0n) is 12.4. The number of nitrogens with two attached hydrogens (primary N) is 1. The normalized spacial score (nSPS) is 10.9. The molecule has 5 N–H and O–H groups in total. The zero-order chi connectivity index (χ0) is 17.9. The molecule has 0 fully saturated rings. The van der Waals surface area contributed by atoms with Crippen molar-refractivity contribution in [1.29, 1.82) is 0 Å². The molecule has 10 nitrogen and oxygen atoms in total. The molecule has 0 spiro atoms. The standard InChI is InChI=1S/C13H13N5O5S/c1-2-7-11(24-13(14)16-7)12(21)17-15-5-6-3-8(18(22)23)10(20)4-9(6)19/h3-5,19-20H,2H2,1H3,(H2,14,16)(H,17,21)/b15-5-. The first-order valence-corrected chi connectivity index (χ1v) is 7.44. The van der Waals surface area contributed by atoms with Gasteiger partial charge in [-0.15, -0.1) is 0 Å². The minimum atomic E-state index is -0.807. The maximum Gasteiger partial charge on any atom is 0.311 e. The number of nitrogen functional groups attached to an aromatic ring is 1. The van der Waals surface area contributed by atoms with E-state index in [0.717, 1.165) is 29.7 Å². The number of nitrogens with one attached hydrogen (secondary N) is 1. The lowest BCUT2D eigenvalue weighted by Crippen LogP contribution is -2.17. The van der Waals surface area contributed by atoms with Crippen molar-refractivity contribution in [2.45, 2.75) is 13.3 Å². The third-order valence-corrected chi connectivity index (χ3v) is 3.87. The first kappa shape index (κ1) is 17.1. The van der Waals surface area contributed by atoms with Gasteiger partial charge in [-0.1, -0.05) is 18.3 Å². The van der Waals surface area contributed by atoms with E-state index in [1.807, 2.05) is 6.92 Å². The summed E-state index contributed by atoms with van der Waals surface area (Å²) in [6, 6.07) is 1.75. The lowest BCUT2D eigenvalue weighted by atomic mass is 10.2. The summed E-state index contributed by atoms with van der Waals surface area (Å²) in [7, 11) is 0. The van der Waals surface area contributed by atoms with Gasteiger partial charge in [-0.05, 0) is 6.42 Å². The van der Waals surface area contributed by atoms with E-state index in [1.54, 1.807) is 0 Å². The molecule has 2 rings (SSSR count). The van der Waals surface area contributed by atoms with E-state index in [9.17, 15) is 25.1 Å². The van der Waals surface area contributed by atoms with E-state index in [0.29, 0.717) is 17.0 Å². The molecule has 1 aromatic heterocycles. The molecule has 0 saturated carbocycles. The number of nitro benzene ring substituents is 1. The summed E-state index contributed by atoms with van der Waals surface area (Å²) in [5.74, 6) is -1.64. The second kappa shape index (κ2) is 6.91. The number of phenolic OH excluding ortho intramolecular Hbond substituents is 2. The highest BCUT2D eigenvalue weighted by atomic mass is 32.1. The summed E-state index contributed by atoms with van der Waals surface area (Å²) in [5.41, 5.74) is 7.69. The van der Waals surface area contributed by atoms with Gasteiger partial charge in [0.2, 0.25) is 0 Å². The highest BCUT2D eigenvalue weighted by Gasteiger charge is 2.17. The molecule has 0 aliphatic carbocycles. The number of aromatic nitrogens is 1. The Bertz CT molecular complexity index is 832. The fourth-order valence-electron chi connectivity index (χ4n) is 1.83. The Kier molecular flexibility index (Phi) is 4.94. The van der Waals surface area contributed by atoms with Crippen LogP contribution in [0.1, 0.15) is 27.9 Å². The van der Waals surface area contributed by atoms with Gasteiger partial charge in [-0.3, -0.25) is 14.9 Å². The van der Waals surface area contributed by atoms with Gasteiger partial charge in [0.15, 0.2) is 10.9 Å². The van der Waals surface area contributed by atoms with Crippen LogP contribution in [0.2, 0.25) is 0 Å². The number of nitro groups is 1. The number of amides is 1. The SMILES string of the molecule is CCc1nc(N)sc1C(=O)N/N=C\c1cc([N+](=O)[O-])c(O)cc1O. The first-order chi connectivity index (χ1) is 11.3. The van der Waals surface area contributed by atoms with Crippen molar-refractivity contribution < 1.29 is 19.9 Å². The van der Waals surface area contributed by atoms with E-state index >= 15 is 0 Å². The topological polar surface area (TPSA) is 164 Å². The smallest absolute Gasteiger partial charge is 0.311 e. The van der Waals surface area contributed by atoms with Crippen LogP contribution < -0.4 is 11.2 Å². The fraction of sp³-hybridized carbons (Fsp3) is 0.154. The van der Waals surface area contributed by atoms with Gasteiger partial charge in [0.05, 0.1) is 16.8 Å². The van der Waals surface area contributed by atoms with Crippen LogP contribution in [-0.2, 0) is 6.42 Å². The predicted molar refractivity (Wildman–Crippen MR) is 87.4 cm³/mol. The maximum atomic E-state index is 12.0. The van der Waals surface area contributed by atoms with Crippen molar-refractivity contribution >= 4 is 34.3 Å². The highest BCUT2D eigenvalue weighted by molar-refractivity contribution is 7.17. The number of carbonyl (C=O) groups excluding carboxylic acids is 1. The molecule has 0 unspecified atom stereocenters. The Balaban J connectivity index is 2.18. The Morgan fingerprint density at radius 3 is 2.83 bits per heavy atom. The zero-order valence-corrected chi connectivity index (χ0v) is 13.2. The third kappa shape index (κ3) is 3.57. The van der Waals surface area contributed by atoms with Crippen molar-refractivity contribution in [3.8, 4) is 11.5 Å². The summed E-state index contributed by atoms with van der Waals surface area (Å²) in [4.78, 5) is 26.3. The number of benzene rings is 1. The second-order valence-corrected chi connectivity index (χ2v) is 5.57. The number of hydrazone groups is 1. The molecule has 0 aliphatic heterocycles. The van der Waals surface area contributed by atoms with Gasteiger partial charge in [0.25, 0.3) is 5.91 Å². The summed E-state index contributed by atoms with van der Waals surface area (Å²) in [5, 5.41) is 33.7.